The van der Waals surface area contributed by atoms with Crippen LogP contribution < -0.4 is 10.9 Å². The van der Waals surface area contributed by atoms with E-state index in [1.54, 1.807) is 23.5 Å². The highest BCUT2D eigenvalue weighted by Crippen LogP contribution is 2.28. The van der Waals surface area contributed by atoms with Crippen LogP contribution in [0.2, 0.25) is 0 Å². The van der Waals surface area contributed by atoms with Crippen molar-refractivity contribution in [1.82, 2.24) is 15.1 Å². The van der Waals surface area contributed by atoms with Crippen molar-refractivity contribution in [3.8, 4) is 10.6 Å². The molecule has 0 saturated heterocycles. The predicted molar refractivity (Wildman–Crippen MR) is 82.2 cm³/mol. The molecule has 1 aliphatic rings. The average molecular weight is 303 g/mol. The van der Waals surface area contributed by atoms with Crippen molar-refractivity contribution in [1.29, 1.82) is 0 Å². The molecule has 2 aromatic rings. The quantitative estimate of drug-likeness (QED) is 0.829. The molecule has 2 heterocycles. The Labute approximate surface area is 126 Å². The molecule has 0 atom stereocenters. The zero-order valence-electron chi connectivity index (χ0n) is 11.6. The average Bonchev–Trinajstić information content (AvgIpc) is 3.20. The zero-order chi connectivity index (χ0) is 14.7. The summed E-state index contributed by atoms with van der Waals surface area (Å²) in [5.41, 5.74) is 0.704. The molecule has 6 heteroatoms. The summed E-state index contributed by atoms with van der Waals surface area (Å²) in [5.74, 6) is 0.371. The van der Waals surface area contributed by atoms with E-state index >= 15 is 0 Å². The number of hydrogen-bond acceptors (Lipinski definition) is 4. The fourth-order valence-electron chi connectivity index (χ4n) is 2.10. The number of aromatic nitrogens is 2. The molecule has 1 saturated carbocycles. The van der Waals surface area contributed by atoms with Gasteiger partial charge in [0.2, 0.25) is 5.91 Å². The van der Waals surface area contributed by atoms with Gasteiger partial charge in [0.1, 0.15) is 5.69 Å². The van der Waals surface area contributed by atoms with Crippen LogP contribution in [0.1, 0.15) is 19.3 Å². The molecule has 0 unspecified atom stereocenters. The summed E-state index contributed by atoms with van der Waals surface area (Å²) in [6.45, 7) is 1.11. The lowest BCUT2D eigenvalue weighted by molar-refractivity contribution is -0.122. The first kappa shape index (κ1) is 14.0. The molecule has 1 amide bonds. The van der Waals surface area contributed by atoms with Crippen LogP contribution in [0.3, 0.4) is 0 Å². The van der Waals surface area contributed by atoms with Crippen LogP contribution in [0.5, 0.6) is 0 Å². The number of rotatable bonds is 6. The third-order valence-electron chi connectivity index (χ3n) is 3.43. The smallest absolute Gasteiger partial charge is 0.266 e. The van der Waals surface area contributed by atoms with E-state index in [2.05, 4.69) is 10.4 Å². The third kappa shape index (κ3) is 3.58. The van der Waals surface area contributed by atoms with E-state index in [1.165, 1.54) is 4.68 Å². The van der Waals surface area contributed by atoms with Crippen molar-refractivity contribution in [2.45, 2.75) is 25.8 Å². The molecule has 0 spiro atoms. The standard InChI is InChI=1S/C15H17N3O2S/c19-14-7-6-12(13-3-1-10-21-13)17-18(14)9-2-8-16-15(20)11-4-5-11/h1,3,6-7,10-11H,2,4-5,8-9H2,(H,16,20). The molecule has 3 rings (SSSR count). The Bertz CT molecular complexity index is 674. The normalized spacial score (nSPS) is 14.1. The van der Waals surface area contributed by atoms with E-state index in [9.17, 15) is 9.59 Å². The third-order valence-corrected chi connectivity index (χ3v) is 4.33. The Kier molecular flexibility index (Phi) is 4.15. The summed E-state index contributed by atoms with van der Waals surface area (Å²) in [6.07, 6.45) is 2.73. The summed E-state index contributed by atoms with van der Waals surface area (Å²) < 4.78 is 1.47. The molecule has 0 aromatic carbocycles. The van der Waals surface area contributed by atoms with Gasteiger partial charge in [0.05, 0.1) is 4.88 Å². The van der Waals surface area contributed by atoms with Crippen LogP contribution in [0, 0.1) is 5.92 Å². The van der Waals surface area contributed by atoms with Gasteiger partial charge in [-0.15, -0.1) is 11.3 Å². The molecular formula is C15H17N3O2S. The summed E-state index contributed by atoms with van der Waals surface area (Å²) in [4.78, 5) is 24.4. The largest absolute Gasteiger partial charge is 0.356 e. The van der Waals surface area contributed by atoms with Gasteiger partial charge in [-0.2, -0.15) is 5.10 Å². The Morgan fingerprint density at radius 3 is 2.95 bits per heavy atom. The maximum Gasteiger partial charge on any atom is 0.266 e. The molecule has 5 nitrogen and oxygen atoms in total. The SMILES string of the molecule is O=C(NCCCn1nc(-c2cccs2)ccc1=O)C1CC1. The highest BCUT2D eigenvalue weighted by atomic mass is 32.1. The fourth-order valence-corrected chi connectivity index (χ4v) is 2.79. The Hall–Kier alpha value is -1.95. The van der Waals surface area contributed by atoms with Gasteiger partial charge in [0, 0.05) is 25.1 Å². The second-order valence-electron chi connectivity index (χ2n) is 5.18. The maximum atomic E-state index is 11.8. The topological polar surface area (TPSA) is 64.0 Å². The van der Waals surface area contributed by atoms with E-state index in [4.69, 9.17) is 0 Å². The Balaban J connectivity index is 1.58. The van der Waals surface area contributed by atoms with Gasteiger partial charge in [0.15, 0.2) is 0 Å². The van der Waals surface area contributed by atoms with Crippen molar-refractivity contribution in [3.05, 3.63) is 40.0 Å². The van der Waals surface area contributed by atoms with Crippen LogP contribution >= 0.6 is 11.3 Å². The van der Waals surface area contributed by atoms with E-state index in [0.29, 0.717) is 19.5 Å². The minimum absolute atomic E-state index is 0.108. The van der Waals surface area contributed by atoms with Gasteiger partial charge < -0.3 is 5.32 Å². The van der Waals surface area contributed by atoms with Gasteiger partial charge in [-0.1, -0.05) is 6.07 Å². The van der Waals surface area contributed by atoms with Crippen molar-refractivity contribution in [3.63, 3.8) is 0 Å². The molecule has 110 valence electrons. The summed E-state index contributed by atoms with van der Waals surface area (Å²) in [5, 5.41) is 9.26. The highest BCUT2D eigenvalue weighted by molar-refractivity contribution is 7.13. The maximum absolute atomic E-state index is 11.8. The molecule has 2 aromatic heterocycles. The second-order valence-corrected chi connectivity index (χ2v) is 6.12. The van der Waals surface area contributed by atoms with Gasteiger partial charge in [0.25, 0.3) is 5.56 Å². The minimum Gasteiger partial charge on any atom is -0.356 e. The van der Waals surface area contributed by atoms with E-state index in [0.717, 1.165) is 23.4 Å². The fraction of sp³-hybridized carbons (Fsp3) is 0.400. The van der Waals surface area contributed by atoms with Crippen LogP contribution in [0.15, 0.2) is 34.4 Å². The van der Waals surface area contributed by atoms with Crippen LogP contribution in [0.25, 0.3) is 10.6 Å². The minimum atomic E-state index is -0.108. The first-order chi connectivity index (χ1) is 10.2. The Morgan fingerprint density at radius 2 is 2.24 bits per heavy atom. The summed E-state index contributed by atoms with van der Waals surface area (Å²) >= 11 is 1.60. The Morgan fingerprint density at radius 1 is 1.38 bits per heavy atom. The second kappa shape index (κ2) is 6.22. The van der Waals surface area contributed by atoms with Gasteiger partial charge in [-0.05, 0) is 36.8 Å². The predicted octanol–water partition coefficient (Wildman–Crippen LogP) is 1.89. The molecule has 0 aliphatic heterocycles. The van der Waals surface area contributed by atoms with Crippen molar-refractivity contribution < 1.29 is 4.79 Å². The van der Waals surface area contributed by atoms with Gasteiger partial charge in [-0.3, -0.25) is 9.59 Å². The lowest BCUT2D eigenvalue weighted by Crippen LogP contribution is -2.28. The molecule has 0 radical (unpaired) electrons. The van der Waals surface area contributed by atoms with Crippen molar-refractivity contribution >= 4 is 17.2 Å². The van der Waals surface area contributed by atoms with E-state index in [1.807, 2.05) is 17.5 Å². The zero-order valence-corrected chi connectivity index (χ0v) is 12.4. The molecular weight excluding hydrogens is 286 g/mol. The molecule has 1 fully saturated rings. The van der Waals surface area contributed by atoms with Crippen molar-refractivity contribution in [2.24, 2.45) is 5.92 Å². The van der Waals surface area contributed by atoms with Crippen molar-refractivity contribution in [2.75, 3.05) is 6.54 Å². The number of nitrogens with zero attached hydrogens (tertiary/aromatic N) is 2. The lowest BCUT2D eigenvalue weighted by atomic mass is 10.3. The van der Waals surface area contributed by atoms with E-state index in [-0.39, 0.29) is 17.4 Å². The van der Waals surface area contributed by atoms with Gasteiger partial charge >= 0.3 is 0 Å². The first-order valence-corrected chi connectivity index (χ1v) is 8.02. The number of carbonyl (C=O) groups excluding carboxylic acids is 1. The van der Waals surface area contributed by atoms with Gasteiger partial charge in [-0.25, -0.2) is 4.68 Å². The number of thiophene rings is 1. The summed E-state index contributed by atoms with van der Waals surface area (Å²) in [7, 11) is 0. The monoisotopic (exact) mass is 303 g/mol. The molecule has 0 bridgehead atoms. The summed E-state index contributed by atoms with van der Waals surface area (Å²) in [6, 6.07) is 7.24. The number of carbonyl (C=O) groups is 1. The van der Waals surface area contributed by atoms with E-state index < -0.39 is 0 Å². The first-order valence-electron chi connectivity index (χ1n) is 7.14. The van der Waals surface area contributed by atoms with Crippen LogP contribution in [0.4, 0.5) is 0 Å². The number of aryl methyl sites for hydroxylation is 1. The molecule has 1 N–H and O–H groups in total. The molecule has 1 aliphatic carbocycles. The highest BCUT2D eigenvalue weighted by Gasteiger charge is 2.28. The number of amides is 1. The molecule has 21 heavy (non-hydrogen) atoms. The van der Waals surface area contributed by atoms with Crippen LogP contribution in [-0.2, 0) is 11.3 Å². The lowest BCUT2D eigenvalue weighted by Gasteiger charge is -2.07. The number of hydrogen-bond donors (Lipinski definition) is 1. The van der Waals surface area contributed by atoms with Crippen LogP contribution in [-0.4, -0.2) is 22.2 Å². The number of nitrogens with one attached hydrogen (secondary N) is 1.